The highest BCUT2D eigenvalue weighted by molar-refractivity contribution is 5.71. The lowest BCUT2D eigenvalue weighted by Gasteiger charge is -2.18. The number of hydrogen-bond acceptors (Lipinski definition) is 6. The van der Waals surface area contributed by atoms with E-state index in [2.05, 4.69) is 93.7 Å². The van der Waals surface area contributed by atoms with Gasteiger partial charge in [-0.2, -0.15) is 0 Å². The van der Waals surface area contributed by atoms with Gasteiger partial charge in [0.25, 0.3) is 0 Å². The molecule has 0 aliphatic rings. The normalized spacial score (nSPS) is 12.6. The van der Waals surface area contributed by atoms with Gasteiger partial charge in [0.2, 0.25) is 0 Å². The van der Waals surface area contributed by atoms with Gasteiger partial charge in [0, 0.05) is 19.3 Å². The Labute approximate surface area is 427 Å². The van der Waals surface area contributed by atoms with Gasteiger partial charge in [-0.15, -0.1) is 0 Å². The molecule has 0 aliphatic heterocycles. The molecule has 0 spiro atoms. The Bertz CT molecular complexity index is 1290. The van der Waals surface area contributed by atoms with Crippen molar-refractivity contribution in [3.8, 4) is 0 Å². The first-order chi connectivity index (χ1) is 34.0. The van der Waals surface area contributed by atoms with Crippen molar-refractivity contribution in [1.29, 1.82) is 0 Å². The molecule has 0 aromatic rings. The fourth-order valence-corrected chi connectivity index (χ4v) is 8.18. The van der Waals surface area contributed by atoms with Crippen LogP contribution in [0, 0.1) is 0 Å². The van der Waals surface area contributed by atoms with Crippen LogP contribution < -0.4 is 0 Å². The summed E-state index contributed by atoms with van der Waals surface area (Å²) in [5.74, 6) is -0.921. The van der Waals surface area contributed by atoms with Crippen LogP contribution in [0.25, 0.3) is 0 Å². The number of carbonyl (C=O) groups is 3. The summed E-state index contributed by atoms with van der Waals surface area (Å²) in [5.41, 5.74) is 0. The van der Waals surface area contributed by atoms with Crippen molar-refractivity contribution in [1.82, 2.24) is 0 Å². The van der Waals surface area contributed by atoms with Gasteiger partial charge in [-0.25, -0.2) is 0 Å². The van der Waals surface area contributed by atoms with Gasteiger partial charge in [0.05, 0.1) is 0 Å². The van der Waals surface area contributed by atoms with Crippen LogP contribution in [0.4, 0.5) is 0 Å². The Kier molecular flexibility index (Phi) is 54.8. The van der Waals surface area contributed by atoms with Gasteiger partial charge in [0.1, 0.15) is 13.2 Å². The molecule has 0 radical (unpaired) electrons. The summed E-state index contributed by atoms with van der Waals surface area (Å²) in [6.07, 6.45) is 73.1. The molecule has 6 heteroatoms. The molecule has 0 rings (SSSR count). The van der Waals surface area contributed by atoms with E-state index in [9.17, 15) is 14.4 Å². The lowest BCUT2D eigenvalue weighted by Crippen LogP contribution is -2.30. The zero-order valence-electron chi connectivity index (χ0n) is 45.6. The third-order valence-corrected chi connectivity index (χ3v) is 12.7. The Morgan fingerprint density at radius 2 is 0.522 bits per heavy atom. The second-order valence-electron chi connectivity index (χ2n) is 19.5. The van der Waals surface area contributed by atoms with Crippen LogP contribution in [0.3, 0.4) is 0 Å². The monoisotopic (exact) mass is 963 g/mol. The molecule has 6 nitrogen and oxygen atoms in total. The van der Waals surface area contributed by atoms with Crippen molar-refractivity contribution in [2.24, 2.45) is 0 Å². The first-order valence-electron chi connectivity index (χ1n) is 29.4. The van der Waals surface area contributed by atoms with Gasteiger partial charge in [0.15, 0.2) is 6.10 Å². The molecule has 0 bridgehead atoms. The summed E-state index contributed by atoms with van der Waals surface area (Å²) in [7, 11) is 0. The second-order valence-corrected chi connectivity index (χ2v) is 19.5. The van der Waals surface area contributed by atoms with Gasteiger partial charge in [-0.05, 0) is 116 Å². The summed E-state index contributed by atoms with van der Waals surface area (Å²) in [4.78, 5) is 38.2. The van der Waals surface area contributed by atoms with Crippen LogP contribution in [0.2, 0.25) is 0 Å². The molecule has 0 unspecified atom stereocenters. The lowest BCUT2D eigenvalue weighted by molar-refractivity contribution is -0.167. The predicted octanol–water partition coefficient (Wildman–Crippen LogP) is 19.8. The summed E-state index contributed by atoms with van der Waals surface area (Å²) in [5, 5.41) is 0. The number of rotatable bonds is 53. The molecule has 0 N–H and O–H groups in total. The summed E-state index contributed by atoms with van der Waals surface area (Å²) in [6.45, 7) is 6.58. The molecule has 0 aromatic heterocycles. The Balaban J connectivity index is 4.44. The Hall–Kier alpha value is -3.15. The van der Waals surface area contributed by atoms with Crippen molar-refractivity contribution in [3.63, 3.8) is 0 Å². The second kappa shape index (κ2) is 57.4. The SMILES string of the molecule is CCCCC/C=C\C/C=C\C/C=C\C/C=C\CCCCCC(=O)OC[C@H](COC(=O)CCCCCCCCC/C=C\CCCCCCCC)OC(=O)CCCCCCCCC/C=C\CCCCCC. The molecule has 0 heterocycles. The molecule has 398 valence electrons. The van der Waals surface area contributed by atoms with E-state index in [1.807, 2.05) is 0 Å². The quantitative estimate of drug-likeness (QED) is 0.0262. The summed E-state index contributed by atoms with van der Waals surface area (Å²) >= 11 is 0. The van der Waals surface area contributed by atoms with E-state index in [1.54, 1.807) is 0 Å². The number of hydrogen-bond donors (Lipinski definition) is 0. The third kappa shape index (κ3) is 55.6. The van der Waals surface area contributed by atoms with Crippen LogP contribution >= 0.6 is 0 Å². The van der Waals surface area contributed by atoms with Crippen molar-refractivity contribution >= 4 is 17.9 Å². The average Bonchev–Trinajstić information content (AvgIpc) is 3.35. The fraction of sp³-hybridized carbons (Fsp3) is 0.762. The first-order valence-corrected chi connectivity index (χ1v) is 29.4. The highest BCUT2D eigenvalue weighted by Crippen LogP contribution is 2.15. The highest BCUT2D eigenvalue weighted by Gasteiger charge is 2.19. The minimum Gasteiger partial charge on any atom is -0.462 e. The fourth-order valence-electron chi connectivity index (χ4n) is 8.18. The molecular weight excluding hydrogens is 853 g/mol. The van der Waals surface area contributed by atoms with E-state index in [0.29, 0.717) is 19.3 Å². The van der Waals surface area contributed by atoms with E-state index in [0.717, 1.165) is 83.5 Å². The molecule has 0 saturated heterocycles. The van der Waals surface area contributed by atoms with E-state index in [-0.39, 0.29) is 31.1 Å². The summed E-state index contributed by atoms with van der Waals surface area (Å²) in [6, 6.07) is 0. The number of unbranched alkanes of at least 4 members (excludes halogenated alkanes) is 30. The van der Waals surface area contributed by atoms with Gasteiger partial charge in [-0.1, -0.05) is 229 Å². The molecule has 0 amide bonds. The van der Waals surface area contributed by atoms with Gasteiger partial charge >= 0.3 is 17.9 Å². The maximum Gasteiger partial charge on any atom is 0.306 e. The predicted molar refractivity (Wildman–Crippen MR) is 298 cm³/mol. The van der Waals surface area contributed by atoms with E-state index < -0.39 is 6.10 Å². The van der Waals surface area contributed by atoms with Crippen molar-refractivity contribution < 1.29 is 28.6 Å². The van der Waals surface area contributed by atoms with Crippen molar-refractivity contribution in [2.45, 2.75) is 297 Å². The third-order valence-electron chi connectivity index (χ3n) is 12.7. The zero-order chi connectivity index (χ0) is 50.0. The first kappa shape index (κ1) is 65.8. The van der Waals surface area contributed by atoms with Crippen LogP contribution in [-0.2, 0) is 28.6 Å². The molecule has 0 saturated carbocycles. The highest BCUT2D eigenvalue weighted by atomic mass is 16.6. The Morgan fingerprint density at radius 3 is 0.884 bits per heavy atom. The maximum absolute atomic E-state index is 12.9. The van der Waals surface area contributed by atoms with Gasteiger partial charge in [-0.3, -0.25) is 14.4 Å². The minimum absolute atomic E-state index is 0.0889. The van der Waals surface area contributed by atoms with Crippen LogP contribution in [-0.4, -0.2) is 37.2 Å². The topological polar surface area (TPSA) is 78.9 Å². The van der Waals surface area contributed by atoms with Crippen molar-refractivity contribution in [2.75, 3.05) is 13.2 Å². The maximum atomic E-state index is 12.9. The van der Waals surface area contributed by atoms with E-state index in [1.165, 1.54) is 167 Å². The minimum atomic E-state index is -0.793. The molecule has 0 aliphatic carbocycles. The number of esters is 3. The van der Waals surface area contributed by atoms with Gasteiger partial charge < -0.3 is 14.2 Å². The largest absolute Gasteiger partial charge is 0.462 e. The van der Waals surface area contributed by atoms with E-state index in [4.69, 9.17) is 14.2 Å². The lowest BCUT2D eigenvalue weighted by atomic mass is 10.1. The molecule has 69 heavy (non-hydrogen) atoms. The zero-order valence-corrected chi connectivity index (χ0v) is 45.6. The van der Waals surface area contributed by atoms with Crippen LogP contribution in [0.15, 0.2) is 72.9 Å². The average molecular weight is 964 g/mol. The smallest absolute Gasteiger partial charge is 0.306 e. The standard InChI is InChI=1S/C63H110O6/c1-4-7-10-13-16-19-22-25-28-30-31-33-36-38-41-44-47-50-53-56-62(65)68-59-60(69-63(66)57-54-51-48-45-42-39-34-27-24-21-18-15-12-9-6-3)58-67-61(64)55-52-49-46-43-40-37-35-32-29-26-23-20-17-14-11-8-5-2/h16,19,21,24-26,28-29,31,33,38,41,60H,4-15,17-18,20,22-23,27,30,32,34-37,39-40,42-59H2,1-3H3/b19-16-,24-21-,28-25-,29-26-,33-31-,41-38-/t60-/m0/s1. The number of allylic oxidation sites excluding steroid dienone is 12. The molecule has 1 atom stereocenters. The molecule has 0 aromatic carbocycles. The van der Waals surface area contributed by atoms with E-state index >= 15 is 0 Å². The number of ether oxygens (including phenoxy) is 3. The number of carbonyl (C=O) groups excluding carboxylic acids is 3. The van der Waals surface area contributed by atoms with Crippen molar-refractivity contribution in [3.05, 3.63) is 72.9 Å². The molecular formula is C63H110O6. The van der Waals surface area contributed by atoms with Crippen LogP contribution in [0.5, 0.6) is 0 Å². The summed E-state index contributed by atoms with van der Waals surface area (Å²) < 4.78 is 16.9. The van der Waals surface area contributed by atoms with Crippen LogP contribution in [0.1, 0.15) is 290 Å². The Morgan fingerprint density at radius 1 is 0.290 bits per heavy atom. The molecule has 0 fully saturated rings.